The number of benzene rings is 1. The van der Waals surface area contributed by atoms with Crippen molar-refractivity contribution in [1.29, 1.82) is 0 Å². The van der Waals surface area contributed by atoms with Crippen LogP contribution >= 0.6 is 39.7 Å². The van der Waals surface area contributed by atoms with Gasteiger partial charge in [-0.25, -0.2) is 0 Å². The monoisotopic (exact) mass is 342 g/mol. The van der Waals surface area contributed by atoms with E-state index in [9.17, 15) is 0 Å². The first-order chi connectivity index (χ1) is 8.58. The molecule has 0 bridgehead atoms. The van der Waals surface area contributed by atoms with E-state index in [-0.39, 0.29) is 4.99 Å². The molecule has 0 spiro atoms. The largest absolute Gasteiger partial charge is 0.389 e. The van der Waals surface area contributed by atoms with Crippen molar-refractivity contribution in [3.63, 3.8) is 0 Å². The number of nitrogens with two attached hydrogens (primary N) is 1. The average Bonchev–Trinajstić information content (AvgIpc) is 2.34. The van der Waals surface area contributed by atoms with Crippen molar-refractivity contribution in [3.8, 4) is 0 Å². The summed E-state index contributed by atoms with van der Waals surface area (Å²) >= 11 is 14.3. The van der Waals surface area contributed by atoms with Gasteiger partial charge in [0.05, 0.1) is 16.8 Å². The van der Waals surface area contributed by atoms with Crippen LogP contribution in [0.4, 0.5) is 11.5 Å². The zero-order valence-corrected chi connectivity index (χ0v) is 12.2. The Morgan fingerprint density at radius 2 is 2.17 bits per heavy atom. The van der Waals surface area contributed by atoms with Gasteiger partial charge in [0, 0.05) is 10.2 Å². The SMILES string of the molecule is NC(=S)c1ccnnc1Nc1ccc(Br)c(Cl)c1. The Bertz CT molecular complexity index is 605. The standard InChI is InChI=1S/C11H8BrClN4S/c12-8-2-1-6(5-9(8)13)16-11-7(10(14)18)3-4-15-17-11/h1-5H,(H2,14,18)(H,16,17). The van der Waals surface area contributed by atoms with E-state index >= 15 is 0 Å². The topological polar surface area (TPSA) is 63.8 Å². The fraction of sp³-hybridized carbons (Fsp3) is 0. The van der Waals surface area contributed by atoms with Crippen LogP contribution in [0.15, 0.2) is 34.9 Å². The van der Waals surface area contributed by atoms with Gasteiger partial charge in [0.2, 0.25) is 0 Å². The van der Waals surface area contributed by atoms with Crippen LogP contribution in [0.2, 0.25) is 5.02 Å². The molecule has 0 amide bonds. The second-order valence-electron chi connectivity index (χ2n) is 3.41. The summed E-state index contributed by atoms with van der Waals surface area (Å²) in [5, 5.41) is 11.4. The molecule has 1 heterocycles. The Morgan fingerprint density at radius 3 is 2.83 bits per heavy atom. The maximum absolute atomic E-state index is 6.01. The van der Waals surface area contributed by atoms with Crippen molar-refractivity contribution in [3.05, 3.63) is 45.5 Å². The zero-order chi connectivity index (χ0) is 13.1. The zero-order valence-electron chi connectivity index (χ0n) is 9.02. The molecule has 0 radical (unpaired) electrons. The Balaban J connectivity index is 2.34. The first-order valence-corrected chi connectivity index (χ1v) is 6.49. The van der Waals surface area contributed by atoms with Crippen molar-refractivity contribution < 1.29 is 0 Å². The van der Waals surface area contributed by atoms with Gasteiger partial charge in [-0.15, -0.1) is 5.10 Å². The number of aromatic nitrogens is 2. The molecule has 2 rings (SSSR count). The minimum Gasteiger partial charge on any atom is -0.389 e. The van der Waals surface area contributed by atoms with Crippen molar-refractivity contribution in [2.24, 2.45) is 5.73 Å². The van der Waals surface area contributed by atoms with E-state index in [1.807, 2.05) is 12.1 Å². The Morgan fingerprint density at radius 1 is 1.39 bits per heavy atom. The molecule has 1 aromatic heterocycles. The molecular weight excluding hydrogens is 336 g/mol. The van der Waals surface area contributed by atoms with Crippen LogP contribution in [0.25, 0.3) is 0 Å². The number of thiocarbonyl (C=S) groups is 1. The number of anilines is 2. The minimum atomic E-state index is 0.260. The second-order valence-corrected chi connectivity index (χ2v) is 5.11. The highest BCUT2D eigenvalue weighted by atomic mass is 79.9. The maximum Gasteiger partial charge on any atom is 0.163 e. The molecule has 0 atom stereocenters. The van der Waals surface area contributed by atoms with E-state index in [1.54, 1.807) is 12.1 Å². The molecule has 2 aromatic rings. The van der Waals surface area contributed by atoms with E-state index < -0.39 is 0 Å². The fourth-order valence-corrected chi connectivity index (χ4v) is 1.93. The molecule has 0 saturated heterocycles. The van der Waals surface area contributed by atoms with E-state index in [2.05, 4.69) is 31.4 Å². The fourth-order valence-electron chi connectivity index (χ4n) is 1.33. The van der Waals surface area contributed by atoms with E-state index in [0.717, 1.165) is 10.2 Å². The number of nitrogens with one attached hydrogen (secondary N) is 1. The number of hydrogen-bond acceptors (Lipinski definition) is 4. The second kappa shape index (κ2) is 5.60. The predicted molar refractivity (Wildman–Crippen MR) is 80.4 cm³/mol. The summed E-state index contributed by atoms with van der Waals surface area (Å²) in [5.74, 6) is 0.503. The molecule has 92 valence electrons. The van der Waals surface area contributed by atoms with Crippen LogP contribution in [-0.2, 0) is 0 Å². The Labute approximate surface area is 123 Å². The lowest BCUT2D eigenvalue weighted by Crippen LogP contribution is -2.13. The first kappa shape index (κ1) is 13.2. The molecule has 18 heavy (non-hydrogen) atoms. The van der Waals surface area contributed by atoms with Gasteiger partial charge >= 0.3 is 0 Å². The van der Waals surface area contributed by atoms with Gasteiger partial charge in [0.25, 0.3) is 0 Å². The van der Waals surface area contributed by atoms with Gasteiger partial charge in [0.15, 0.2) is 5.82 Å². The molecule has 0 fully saturated rings. The molecule has 7 heteroatoms. The lowest BCUT2D eigenvalue weighted by atomic mass is 10.2. The van der Waals surface area contributed by atoms with Gasteiger partial charge in [-0.2, -0.15) is 5.10 Å². The summed E-state index contributed by atoms with van der Waals surface area (Å²) in [6, 6.07) is 7.16. The molecule has 0 aliphatic carbocycles. The first-order valence-electron chi connectivity index (χ1n) is 4.91. The van der Waals surface area contributed by atoms with Gasteiger partial charge in [0.1, 0.15) is 4.99 Å². The van der Waals surface area contributed by atoms with Gasteiger partial charge in [-0.05, 0) is 40.2 Å². The summed E-state index contributed by atoms with van der Waals surface area (Å²) in [6.07, 6.45) is 1.54. The Kier molecular flexibility index (Phi) is 4.11. The van der Waals surface area contributed by atoms with Crippen LogP contribution in [0.3, 0.4) is 0 Å². The predicted octanol–water partition coefficient (Wildman–Crippen LogP) is 3.27. The maximum atomic E-state index is 6.01. The van der Waals surface area contributed by atoms with Gasteiger partial charge in [-0.1, -0.05) is 23.8 Å². The highest BCUT2D eigenvalue weighted by Crippen LogP contribution is 2.27. The summed E-state index contributed by atoms with van der Waals surface area (Å²) in [7, 11) is 0. The summed E-state index contributed by atoms with van der Waals surface area (Å²) in [4.78, 5) is 0.260. The van der Waals surface area contributed by atoms with Crippen LogP contribution in [0.1, 0.15) is 5.56 Å². The summed E-state index contributed by atoms with van der Waals surface area (Å²) in [5.41, 5.74) is 7.03. The molecule has 0 saturated carbocycles. The van der Waals surface area contributed by atoms with Gasteiger partial charge in [-0.3, -0.25) is 0 Å². The number of rotatable bonds is 3. The van der Waals surface area contributed by atoms with Crippen LogP contribution < -0.4 is 11.1 Å². The third kappa shape index (κ3) is 2.95. The van der Waals surface area contributed by atoms with Gasteiger partial charge < -0.3 is 11.1 Å². The van der Waals surface area contributed by atoms with E-state index in [4.69, 9.17) is 29.6 Å². The number of halogens is 2. The van der Waals surface area contributed by atoms with Crippen molar-refractivity contribution in [2.75, 3.05) is 5.32 Å². The molecule has 3 N–H and O–H groups in total. The highest BCUT2D eigenvalue weighted by Gasteiger charge is 2.07. The highest BCUT2D eigenvalue weighted by molar-refractivity contribution is 9.10. The molecule has 0 unspecified atom stereocenters. The van der Waals surface area contributed by atoms with Crippen LogP contribution in [0.5, 0.6) is 0 Å². The molecule has 1 aromatic carbocycles. The van der Waals surface area contributed by atoms with Crippen molar-refractivity contribution >= 4 is 56.2 Å². The summed E-state index contributed by atoms with van der Waals surface area (Å²) < 4.78 is 0.823. The Hall–Kier alpha value is -1.24. The third-order valence-corrected chi connectivity index (χ3v) is 3.62. The quantitative estimate of drug-likeness (QED) is 0.837. The smallest absolute Gasteiger partial charge is 0.163 e. The van der Waals surface area contributed by atoms with Crippen LogP contribution in [-0.4, -0.2) is 15.2 Å². The van der Waals surface area contributed by atoms with E-state index in [1.165, 1.54) is 6.20 Å². The molecule has 0 aliphatic heterocycles. The minimum absolute atomic E-state index is 0.260. The number of nitrogens with zero attached hydrogens (tertiary/aromatic N) is 2. The van der Waals surface area contributed by atoms with E-state index in [0.29, 0.717) is 16.4 Å². The lowest BCUT2D eigenvalue weighted by molar-refractivity contribution is 1.03. The number of hydrogen-bond donors (Lipinski definition) is 2. The van der Waals surface area contributed by atoms with Crippen molar-refractivity contribution in [1.82, 2.24) is 10.2 Å². The summed E-state index contributed by atoms with van der Waals surface area (Å²) in [6.45, 7) is 0. The normalized spacial score (nSPS) is 10.1. The lowest BCUT2D eigenvalue weighted by Gasteiger charge is -2.09. The van der Waals surface area contributed by atoms with Crippen molar-refractivity contribution in [2.45, 2.75) is 0 Å². The third-order valence-electron chi connectivity index (χ3n) is 2.17. The molecule has 0 aliphatic rings. The average molecular weight is 344 g/mol. The molecule has 4 nitrogen and oxygen atoms in total. The molecular formula is C11H8BrClN4S. The van der Waals surface area contributed by atoms with Crippen LogP contribution in [0, 0.1) is 0 Å².